The van der Waals surface area contributed by atoms with Crippen LogP contribution in [0.25, 0.3) is 10.9 Å². The van der Waals surface area contributed by atoms with Gasteiger partial charge in [0.05, 0.1) is 18.2 Å². The minimum absolute atomic E-state index is 0.830. The van der Waals surface area contributed by atoms with Gasteiger partial charge in [0.2, 0.25) is 0 Å². The zero-order chi connectivity index (χ0) is 11.9. The van der Waals surface area contributed by atoms with Crippen LogP contribution in [0.1, 0.15) is 19.5 Å². The van der Waals surface area contributed by atoms with Crippen molar-refractivity contribution in [3.63, 3.8) is 0 Å². The maximum atomic E-state index is 10.0. The monoisotopic (exact) mass is 219 g/mol. The van der Waals surface area contributed by atoms with Crippen LogP contribution in [0.15, 0.2) is 24.3 Å². The van der Waals surface area contributed by atoms with Crippen molar-refractivity contribution >= 4 is 10.9 Å². The second-order valence-corrected chi connectivity index (χ2v) is 4.57. The van der Waals surface area contributed by atoms with Crippen LogP contribution >= 0.6 is 0 Å². The molecule has 0 aliphatic carbocycles. The third kappa shape index (κ3) is 1.67. The van der Waals surface area contributed by atoms with Crippen LogP contribution in [0, 0.1) is 0 Å². The third-order valence-electron chi connectivity index (χ3n) is 2.88. The first-order valence-corrected chi connectivity index (χ1v) is 5.30. The van der Waals surface area contributed by atoms with E-state index in [1.54, 1.807) is 21.0 Å². The van der Waals surface area contributed by atoms with E-state index in [2.05, 4.69) is 0 Å². The lowest BCUT2D eigenvalue weighted by Crippen LogP contribution is -2.19. The van der Waals surface area contributed by atoms with E-state index in [-0.39, 0.29) is 0 Å². The molecule has 0 aliphatic heterocycles. The zero-order valence-electron chi connectivity index (χ0n) is 10.1. The Balaban J connectivity index is 2.69. The first kappa shape index (κ1) is 11.0. The van der Waals surface area contributed by atoms with Crippen molar-refractivity contribution in [3.05, 3.63) is 30.0 Å². The summed E-state index contributed by atoms with van der Waals surface area (Å²) in [4.78, 5) is 0. The number of rotatable bonds is 2. The number of aliphatic hydroxyl groups is 1. The fourth-order valence-electron chi connectivity index (χ4n) is 2.02. The Bertz CT molecular complexity index is 520. The van der Waals surface area contributed by atoms with Crippen LogP contribution in [-0.2, 0) is 12.6 Å². The molecule has 0 unspecified atom stereocenters. The molecule has 0 radical (unpaired) electrons. The summed E-state index contributed by atoms with van der Waals surface area (Å²) in [7, 11) is 3.61. The summed E-state index contributed by atoms with van der Waals surface area (Å²) in [6.45, 7) is 3.58. The lowest BCUT2D eigenvalue weighted by atomic mass is 10.1. The second-order valence-electron chi connectivity index (χ2n) is 4.57. The molecule has 1 N–H and O–H groups in total. The second kappa shape index (κ2) is 3.52. The van der Waals surface area contributed by atoms with Crippen molar-refractivity contribution in [2.75, 3.05) is 7.11 Å². The van der Waals surface area contributed by atoms with Crippen LogP contribution in [0.3, 0.4) is 0 Å². The highest BCUT2D eigenvalue weighted by Crippen LogP contribution is 2.29. The van der Waals surface area contributed by atoms with E-state index in [1.165, 1.54) is 0 Å². The van der Waals surface area contributed by atoms with Gasteiger partial charge in [-0.05, 0) is 32.0 Å². The van der Waals surface area contributed by atoms with Gasteiger partial charge in [-0.2, -0.15) is 0 Å². The number of hydrogen-bond acceptors (Lipinski definition) is 2. The van der Waals surface area contributed by atoms with E-state index in [4.69, 9.17) is 4.74 Å². The molecule has 0 fully saturated rings. The highest BCUT2D eigenvalue weighted by Gasteiger charge is 2.21. The molecule has 86 valence electrons. The number of ether oxygens (including phenoxy) is 1. The number of aromatic nitrogens is 1. The van der Waals surface area contributed by atoms with E-state index < -0.39 is 5.60 Å². The topological polar surface area (TPSA) is 34.4 Å². The third-order valence-corrected chi connectivity index (χ3v) is 2.88. The Morgan fingerprint density at radius 3 is 2.50 bits per heavy atom. The summed E-state index contributed by atoms with van der Waals surface area (Å²) in [5, 5.41) is 11.2. The Morgan fingerprint density at radius 2 is 1.94 bits per heavy atom. The summed E-state index contributed by atoms with van der Waals surface area (Å²) < 4.78 is 7.19. The van der Waals surface area contributed by atoms with Crippen molar-refractivity contribution < 1.29 is 9.84 Å². The first-order chi connectivity index (χ1) is 7.43. The Morgan fingerprint density at radius 1 is 1.25 bits per heavy atom. The number of methoxy groups -OCH3 is 1. The van der Waals surface area contributed by atoms with Crippen LogP contribution in [0.5, 0.6) is 5.75 Å². The molecule has 1 heterocycles. The molecule has 0 bridgehead atoms. The van der Waals surface area contributed by atoms with E-state index in [9.17, 15) is 5.11 Å². The summed E-state index contributed by atoms with van der Waals surface area (Å²) in [5.74, 6) is 0.830. The molecule has 0 aliphatic rings. The molecule has 0 saturated carbocycles. The van der Waals surface area contributed by atoms with Crippen molar-refractivity contribution in [1.82, 2.24) is 4.57 Å². The highest BCUT2D eigenvalue weighted by atomic mass is 16.5. The molecule has 2 aromatic rings. The van der Waals surface area contributed by atoms with Gasteiger partial charge >= 0.3 is 0 Å². The molecule has 3 nitrogen and oxygen atoms in total. The maximum Gasteiger partial charge on any atom is 0.120 e. The fourth-order valence-corrected chi connectivity index (χ4v) is 2.02. The van der Waals surface area contributed by atoms with E-state index >= 15 is 0 Å². The Labute approximate surface area is 95.3 Å². The van der Waals surface area contributed by atoms with Gasteiger partial charge in [-0.25, -0.2) is 0 Å². The number of aryl methyl sites for hydroxylation is 1. The largest absolute Gasteiger partial charge is 0.497 e. The number of benzene rings is 1. The number of nitrogens with zero attached hydrogens (tertiary/aromatic N) is 1. The first-order valence-electron chi connectivity index (χ1n) is 5.30. The Kier molecular flexibility index (Phi) is 2.43. The predicted molar refractivity (Wildman–Crippen MR) is 64.7 cm³/mol. The highest BCUT2D eigenvalue weighted by molar-refractivity contribution is 5.83. The molecule has 0 spiro atoms. The van der Waals surface area contributed by atoms with Gasteiger partial charge in [-0.3, -0.25) is 0 Å². The van der Waals surface area contributed by atoms with Crippen molar-refractivity contribution in [2.24, 2.45) is 7.05 Å². The van der Waals surface area contributed by atoms with Crippen LogP contribution in [0.2, 0.25) is 0 Å². The fraction of sp³-hybridized carbons (Fsp3) is 0.385. The van der Waals surface area contributed by atoms with Crippen molar-refractivity contribution in [2.45, 2.75) is 19.4 Å². The van der Waals surface area contributed by atoms with Gasteiger partial charge in [0.25, 0.3) is 0 Å². The minimum Gasteiger partial charge on any atom is -0.497 e. The summed E-state index contributed by atoms with van der Waals surface area (Å²) in [6.07, 6.45) is 0. The maximum absolute atomic E-state index is 10.0. The summed E-state index contributed by atoms with van der Waals surface area (Å²) in [6, 6.07) is 7.92. The number of hydrogen-bond donors (Lipinski definition) is 1. The molecule has 3 heteroatoms. The predicted octanol–water partition coefficient (Wildman–Crippen LogP) is 2.41. The molecular weight excluding hydrogens is 202 g/mol. The van der Waals surface area contributed by atoms with Gasteiger partial charge in [0, 0.05) is 24.2 Å². The molecule has 1 aromatic heterocycles. The molecule has 0 amide bonds. The van der Waals surface area contributed by atoms with Crippen LogP contribution < -0.4 is 4.74 Å². The molecule has 0 atom stereocenters. The minimum atomic E-state index is -0.832. The van der Waals surface area contributed by atoms with Gasteiger partial charge in [-0.1, -0.05) is 0 Å². The number of fused-ring (bicyclic) bond motifs is 1. The quantitative estimate of drug-likeness (QED) is 0.841. The molecule has 1 aromatic carbocycles. The lowest BCUT2D eigenvalue weighted by Gasteiger charge is -2.18. The lowest BCUT2D eigenvalue weighted by molar-refractivity contribution is 0.0712. The Hall–Kier alpha value is -1.48. The molecule has 16 heavy (non-hydrogen) atoms. The van der Waals surface area contributed by atoms with Gasteiger partial charge < -0.3 is 14.4 Å². The molecule has 0 saturated heterocycles. The normalized spacial score (nSPS) is 12.1. The van der Waals surface area contributed by atoms with Gasteiger partial charge in [-0.15, -0.1) is 0 Å². The van der Waals surface area contributed by atoms with Crippen LogP contribution in [0.4, 0.5) is 0 Å². The van der Waals surface area contributed by atoms with E-state index in [0.29, 0.717) is 0 Å². The molecular formula is C13H17NO2. The summed E-state index contributed by atoms with van der Waals surface area (Å²) >= 11 is 0. The summed E-state index contributed by atoms with van der Waals surface area (Å²) in [5.41, 5.74) is 1.13. The van der Waals surface area contributed by atoms with E-state index in [0.717, 1.165) is 22.3 Å². The standard InChI is InChI=1S/C13H17NO2/c1-13(2,15)12-7-9-5-6-10(16-4)8-11(9)14(12)3/h5-8,15H,1-4H3. The zero-order valence-corrected chi connectivity index (χ0v) is 10.1. The average Bonchev–Trinajstić information content (AvgIpc) is 2.55. The van der Waals surface area contributed by atoms with Crippen LogP contribution in [-0.4, -0.2) is 16.8 Å². The smallest absolute Gasteiger partial charge is 0.120 e. The molecule has 2 rings (SSSR count). The van der Waals surface area contributed by atoms with E-state index in [1.807, 2.05) is 35.9 Å². The van der Waals surface area contributed by atoms with Gasteiger partial charge in [0.15, 0.2) is 0 Å². The SMILES string of the molecule is COc1ccc2cc(C(C)(C)O)n(C)c2c1. The van der Waals surface area contributed by atoms with Crippen molar-refractivity contribution in [1.29, 1.82) is 0 Å². The van der Waals surface area contributed by atoms with Crippen molar-refractivity contribution in [3.8, 4) is 5.75 Å². The average molecular weight is 219 g/mol. The van der Waals surface area contributed by atoms with Gasteiger partial charge in [0.1, 0.15) is 5.75 Å².